The monoisotopic (exact) mass is 386 g/mol. The maximum Gasteiger partial charge on any atom is 0.263 e. The highest BCUT2D eigenvalue weighted by molar-refractivity contribution is 5.95. The number of ether oxygens (including phenoxy) is 1. The molecule has 1 fully saturated rings. The van der Waals surface area contributed by atoms with E-state index in [1.807, 2.05) is 0 Å². The summed E-state index contributed by atoms with van der Waals surface area (Å²) in [5, 5.41) is 28.4. The smallest absolute Gasteiger partial charge is 0.263 e. The van der Waals surface area contributed by atoms with Gasteiger partial charge in [0.15, 0.2) is 6.10 Å². The molecule has 3 rings (SSSR count). The van der Waals surface area contributed by atoms with Crippen LogP contribution in [0.1, 0.15) is 17.3 Å². The molecule has 3 N–H and O–H groups in total. The molecule has 28 heavy (non-hydrogen) atoms. The van der Waals surface area contributed by atoms with Crippen molar-refractivity contribution in [3.8, 4) is 23.0 Å². The molecule has 0 saturated carbocycles. The van der Waals surface area contributed by atoms with Crippen molar-refractivity contribution in [2.45, 2.75) is 13.0 Å². The third-order valence-corrected chi connectivity index (χ3v) is 4.53. The molecule has 2 amide bonds. The number of piperazine rings is 1. The fraction of sp³-hybridized carbons (Fsp3) is 0.300. The molecule has 0 spiro atoms. The lowest BCUT2D eigenvalue weighted by Crippen LogP contribution is -2.53. The van der Waals surface area contributed by atoms with E-state index in [-0.39, 0.29) is 34.6 Å². The molecule has 8 heteroatoms. The number of carbonyl (C=O) groups excluding carboxylic acids is 2. The molecular weight excluding hydrogens is 364 g/mol. The average molecular weight is 386 g/mol. The molecule has 0 aromatic heterocycles. The summed E-state index contributed by atoms with van der Waals surface area (Å²) in [7, 11) is 0. The van der Waals surface area contributed by atoms with Crippen LogP contribution >= 0.6 is 0 Å². The molecule has 1 aliphatic rings. The summed E-state index contributed by atoms with van der Waals surface area (Å²) in [5.74, 6) is -0.264. The summed E-state index contributed by atoms with van der Waals surface area (Å²) in [5.41, 5.74) is 0.196. The van der Waals surface area contributed by atoms with Gasteiger partial charge in [-0.05, 0) is 43.3 Å². The van der Waals surface area contributed by atoms with E-state index in [9.17, 15) is 24.9 Å². The largest absolute Gasteiger partial charge is 0.508 e. The van der Waals surface area contributed by atoms with E-state index < -0.39 is 6.10 Å². The quantitative estimate of drug-likeness (QED) is 0.735. The molecule has 1 aliphatic heterocycles. The molecule has 0 bridgehead atoms. The van der Waals surface area contributed by atoms with Crippen LogP contribution in [0.4, 0.5) is 0 Å². The van der Waals surface area contributed by atoms with Gasteiger partial charge in [0.1, 0.15) is 23.0 Å². The zero-order valence-corrected chi connectivity index (χ0v) is 15.4. The van der Waals surface area contributed by atoms with Gasteiger partial charge in [0.25, 0.3) is 11.8 Å². The zero-order valence-electron chi connectivity index (χ0n) is 15.4. The number of nitrogens with zero attached hydrogens (tertiary/aromatic N) is 2. The second kappa shape index (κ2) is 8.08. The third kappa shape index (κ3) is 4.46. The van der Waals surface area contributed by atoms with Crippen molar-refractivity contribution in [2.24, 2.45) is 0 Å². The number of amides is 2. The number of phenolic OH excluding ortho intramolecular Hbond substituents is 3. The van der Waals surface area contributed by atoms with E-state index in [0.717, 1.165) is 6.07 Å². The fourth-order valence-electron chi connectivity index (χ4n) is 3.07. The van der Waals surface area contributed by atoms with E-state index in [1.54, 1.807) is 28.9 Å². The lowest BCUT2D eigenvalue weighted by Gasteiger charge is -2.36. The van der Waals surface area contributed by atoms with Crippen LogP contribution in [0.2, 0.25) is 0 Å². The van der Waals surface area contributed by atoms with Crippen molar-refractivity contribution in [3.63, 3.8) is 0 Å². The van der Waals surface area contributed by atoms with Crippen LogP contribution in [0, 0.1) is 0 Å². The standard InChI is InChI=1S/C20H22N2O6/c1-13(28-18-4-2-15(23)3-5-18)19(26)21-6-8-22(9-7-21)20(27)14-10-16(24)12-17(25)11-14/h2-5,10-13,23-25H,6-9H2,1H3. The molecule has 0 radical (unpaired) electrons. The van der Waals surface area contributed by atoms with E-state index in [0.29, 0.717) is 31.9 Å². The Kier molecular flexibility index (Phi) is 5.58. The highest BCUT2D eigenvalue weighted by Crippen LogP contribution is 2.22. The highest BCUT2D eigenvalue weighted by Gasteiger charge is 2.28. The van der Waals surface area contributed by atoms with Crippen molar-refractivity contribution in [2.75, 3.05) is 26.2 Å². The molecule has 2 aromatic carbocycles. The molecule has 148 valence electrons. The maximum atomic E-state index is 12.6. The van der Waals surface area contributed by atoms with Gasteiger partial charge in [-0.2, -0.15) is 0 Å². The second-order valence-corrected chi connectivity index (χ2v) is 6.61. The summed E-state index contributed by atoms with van der Waals surface area (Å²) in [6.45, 7) is 3.05. The molecular formula is C20H22N2O6. The normalized spacial score (nSPS) is 15.2. The van der Waals surface area contributed by atoms with Gasteiger partial charge in [-0.15, -0.1) is 0 Å². The Morgan fingerprint density at radius 1 is 0.857 bits per heavy atom. The molecule has 0 aliphatic carbocycles. The topological polar surface area (TPSA) is 111 Å². The van der Waals surface area contributed by atoms with E-state index in [2.05, 4.69) is 0 Å². The van der Waals surface area contributed by atoms with Crippen molar-refractivity contribution < 1.29 is 29.6 Å². The van der Waals surface area contributed by atoms with Gasteiger partial charge in [-0.3, -0.25) is 9.59 Å². The van der Waals surface area contributed by atoms with Crippen LogP contribution < -0.4 is 4.74 Å². The molecule has 1 saturated heterocycles. The maximum absolute atomic E-state index is 12.6. The predicted molar refractivity (Wildman–Crippen MR) is 100 cm³/mol. The lowest BCUT2D eigenvalue weighted by molar-refractivity contribution is -0.139. The molecule has 2 aromatic rings. The third-order valence-electron chi connectivity index (χ3n) is 4.53. The number of hydrogen-bond donors (Lipinski definition) is 3. The first-order valence-electron chi connectivity index (χ1n) is 8.90. The predicted octanol–water partition coefficient (Wildman–Crippen LogP) is 1.56. The Hall–Kier alpha value is -3.42. The van der Waals surface area contributed by atoms with Crippen molar-refractivity contribution in [1.29, 1.82) is 0 Å². The Bertz CT molecular complexity index is 839. The molecule has 1 atom stereocenters. The molecule has 1 heterocycles. The van der Waals surface area contributed by atoms with Gasteiger partial charge in [-0.25, -0.2) is 0 Å². The van der Waals surface area contributed by atoms with Gasteiger partial charge < -0.3 is 29.9 Å². The minimum atomic E-state index is -0.699. The van der Waals surface area contributed by atoms with Gasteiger partial charge in [0.2, 0.25) is 0 Å². The number of rotatable bonds is 4. The Balaban J connectivity index is 1.56. The first-order valence-corrected chi connectivity index (χ1v) is 8.90. The highest BCUT2D eigenvalue weighted by atomic mass is 16.5. The van der Waals surface area contributed by atoms with E-state index in [4.69, 9.17) is 4.74 Å². The van der Waals surface area contributed by atoms with Crippen LogP contribution in [-0.2, 0) is 4.79 Å². The van der Waals surface area contributed by atoms with Crippen LogP contribution in [0.25, 0.3) is 0 Å². The summed E-state index contributed by atoms with van der Waals surface area (Å²) in [6.07, 6.45) is -0.699. The number of hydrogen-bond acceptors (Lipinski definition) is 6. The zero-order chi connectivity index (χ0) is 20.3. The first-order chi connectivity index (χ1) is 13.3. The van der Waals surface area contributed by atoms with Crippen LogP contribution in [0.3, 0.4) is 0 Å². The van der Waals surface area contributed by atoms with Crippen molar-refractivity contribution >= 4 is 11.8 Å². The van der Waals surface area contributed by atoms with Gasteiger partial charge in [0.05, 0.1) is 0 Å². The van der Waals surface area contributed by atoms with Crippen LogP contribution in [0.5, 0.6) is 23.0 Å². The second-order valence-electron chi connectivity index (χ2n) is 6.61. The fourth-order valence-corrected chi connectivity index (χ4v) is 3.07. The van der Waals surface area contributed by atoms with E-state index >= 15 is 0 Å². The van der Waals surface area contributed by atoms with Crippen LogP contribution in [0.15, 0.2) is 42.5 Å². The van der Waals surface area contributed by atoms with Crippen LogP contribution in [-0.4, -0.2) is 69.2 Å². The lowest BCUT2D eigenvalue weighted by atomic mass is 10.1. The number of aromatic hydroxyl groups is 3. The number of phenols is 3. The number of carbonyl (C=O) groups is 2. The Morgan fingerprint density at radius 2 is 1.39 bits per heavy atom. The van der Waals surface area contributed by atoms with Gasteiger partial charge in [-0.1, -0.05) is 0 Å². The van der Waals surface area contributed by atoms with Crippen molar-refractivity contribution in [1.82, 2.24) is 9.80 Å². The van der Waals surface area contributed by atoms with Crippen molar-refractivity contribution in [3.05, 3.63) is 48.0 Å². The minimum absolute atomic E-state index is 0.118. The Labute approximate surface area is 162 Å². The molecule has 1 unspecified atom stereocenters. The first kappa shape index (κ1) is 19.3. The minimum Gasteiger partial charge on any atom is -0.508 e. The molecule has 8 nitrogen and oxygen atoms in total. The average Bonchev–Trinajstić information content (AvgIpc) is 2.68. The van der Waals surface area contributed by atoms with Gasteiger partial charge >= 0.3 is 0 Å². The number of benzene rings is 2. The summed E-state index contributed by atoms with van der Waals surface area (Å²) < 4.78 is 5.62. The van der Waals surface area contributed by atoms with E-state index in [1.165, 1.54) is 24.3 Å². The summed E-state index contributed by atoms with van der Waals surface area (Å²) in [4.78, 5) is 28.3. The summed E-state index contributed by atoms with van der Waals surface area (Å²) >= 11 is 0. The summed E-state index contributed by atoms with van der Waals surface area (Å²) in [6, 6.07) is 9.89. The van der Waals surface area contributed by atoms with Gasteiger partial charge in [0, 0.05) is 37.8 Å². The Morgan fingerprint density at radius 3 is 1.96 bits per heavy atom. The SMILES string of the molecule is CC(Oc1ccc(O)cc1)C(=O)N1CCN(C(=O)c2cc(O)cc(O)c2)CC1.